The third kappa shape index (κ3) is 2.77. The third-order valence-electron chi connectivity index (χ3n) is 1.65. The molecule has 2 heteroatoms. The van der Waals surface area contributed by atoms with Crippen LogP contribution in [0.1, 0.15) is 17.5 Å². The van der Waals surface area contributed by atoms with Gasteiger partial charge in [-0.25, -0.2) is 0 Å². The predicted molar refractivity (Wildman–Crippen MR) is 54.8 cm³/mol. The van der Waals surface area contributed by atoms with Gasteiger partial charge in [0, 0.05) is 12.0 Å². The second-order valence-corrected chi connectivity index (χ2v) is 3.09. The summed E-state index contributed by atoms with van der Waals surface area (Å²) in [6, 6.07) is 5.74. The molecule has 1 aromatic rings. The summed E-state index contributed by atoms with van der Waals surface area (Å²) in [4.78, 5) is 0. The minimum atomic E-state index is 0.0937. The SMILES string of the molecule is Cc1cccc(C#CCCO)c1Cl. The summed E-state index contributed by atoms with van der Waals surface area (Å²) in [5.74, 6) is 5.75. The molecule has 0 spiro atoms. The summed E-state index contributed by atoms with van der Waals surface area (Å²) < 4.78 is 0. The Kier molecular flexibility index (Phi) is 3.82. The zero-order chi connectivity index (χ0) is 9.68. The molecule has 0 aliphatic carbocycles. The summed E-state index contributed by atoms with van der Waals surface area (Å²) in [5.41, 5.74) is 1.85. The third-order valence-corrected chi connectivity index (χ3v) is 2.15. The molecule has 0 saturated heterocycles. The number of benzene rings is 1. The van der Waals surface area contributed by atoms with Crippen molar-refractivity contribution in [2.45, 2.75) is 13.3 Å². The van der Waals surface area contributed by atoms with Gasteiger partial charge in [0.05, 0.1) is 11.6 Å². The molecular formula is C11H11ClO. The molecule has 0 heterocycles. The zero-order valence-corrected chi connectivity index (χ0v) is 8.23. The molecule has 0 bridgehead atoms. The number of aryl methyl sites for hydroxylation is 1. The van der Waals surface area contributed by atoms with E-state index in [4.69, 9.17) is 16.7 Å². The van der Waals surface area contributed by atoms with Crippen LogP contribution in [0.25, 0.3) is 0 Å². The molecule has 1 rings (SSSR count). The quantitative estimate of drug-likeness (QED) is 0.681. The molecule has 1 aromatic carbocycles. The van der Waals surface area contributed by atoms with Crippen molar-refractivity contribution in [3.8, 4) is 11.8 Å². The molecule has 1 nitrogen and oxygen atoms in total. The molecule has 13 heavy (non-hydrogen) atoms. The van der Waals surface area contributed by atoms with Gasteiger partial charge < -0.3 is 5.11 Å². The first kappa shape index (κ1) is 10.1. The molecule has 0 saturated carbocycles. The number of aliphatic hydroxyl groups is 1. The van der Waals surface area contributed by atoms with Crippen molar-refractivity contribution < 1.29 is 5.11 Å². The molecule has 0 aliphatic heterocycles. The molecular weight excluding hydrogens is 184 g/mol. The van der Waals surface area contributed by atoms with Crippen LogP contribution in [-0.4, -0.2) is 11.7 Å². The van der Waals surface area contributed by atoms with Gasteiger partial charge in [0.1, 0.15) is 0 Å². The Hall–Kier alpha value is -0.970. The van der Waals surface area contributed by atoms with Crippen molar-refractivity contribution in [2.24, 2.45) is 0 Å². The molecule has 0 aromatic heterocycles. The van der Waals surface area contributed by atoms with Crippen LogP contribution < -0.4 is 0 Å². The Morgan fingerprint density at radius 2 is 2.23 bits per heavy atom. The van der Waals surface area contributed by atoms with Crippen LogP contribution >= 0.6 is 11.6 Å². The van der Waals surface area contributed by atoms with Crippen molar-refractivity contribution in [3.63, 3.8) is 0 Å². The van der Waals surface area contributed by atoms with Gasteiger partial charge in [0.25, 0.3) is 0 Å². The number of aliphatic hydroxyl groups excluding tert-OH is 1. The second kappa shape index (κ2) is 4.91. The number of rotatable bonds is 1. The lowest BCUT2D eigenvalue weighted by Crippen LogP contribution is -1.82. The topological polar surface area (TPSA) is 20.2 Å². The summed E-state index contributed by atoms with van der Waals surface area (Å²) in [5, 5.41) is 9.23. The summed E-state index contributed by atoms with van der Waals surface area (Å²) >= 11 is 6.01. The Morgan fingerprint density at radius 1 is 1.46 bits per heavy atom. The van der Waals surface area contributed by atoms with Gasteiger partial charge in [-0.1, -0.05) is 35.6 Å². The fraction of sp³-hybridized carbons (Fsp3) is 0.273. The highest BCUT2D eigenvalue weighted by atomic mass is 35.5. The lowest BCUT2D eigenvalue weighted by atomic mass is 10.1. The fourth-order valence-electron chi connectivity index (χ4n) is 0.958. The summed E-state index contributed by atoms with van der Waals surface area (Å²) in [7, 11) is 0. The summed E-state index contributed by atoms with van der Waals surface area (Å²) in [6.45, 7) is 2.04. The Bertz CT molecular complexity index is 347. The van der Waals surface area contributed by atoms with Gasteiger partial charge >= 0.3 is 0 Å². The minimum Gasteiger partial charge on any atom is -0.395 e. The van der Waals surface area contributed by atoms with E-state index in [1.807, 2.05) is 25.1 Å². The maximum absolute atomic E-state index is 8.53. The predicted octanol–water partition coefficient (Wildman–Crippen LogP) is 2.38. The largest absolute Gasteiger partial charge is 0.395 e. The van der Waals surface area contributed by atoms with Gasteiger partial charge in [0.2, 0.25) is 0 Å². The number of hydrogen-bond donors (Lipinski definition) is 1. The van der Waals surface area contributed by atoms with Crippen molar-refractivity contribution >= 4 is 11.6 Å². The molecule has 0 unspecified atom stereocenters. The molecule has 0 fully saturated rings. The maximum Gasteiger partial charge on any atom is 0.0591 e. The average molecular weight is 195 g/mol. The van der Waals surface area contributed by atoms with E-state index in [2.05, 4.69) is 11.8 Å². The van der Waals surface area contributed by atoms with Gasteiger partial charge in [-0.15, -0.1) is 0 Å². The van der Waals surface area contributed by atoms with Crippen LogP contribution in [0.3, 0.4) is 0 Å². The summed E-state index contributed by atoms with van der Waals surface area (Å²) in [6.07, 6.45) is 0.490. The van der Waals surface area contributed by atoms with E-state index < -0.39 is 0 Å². The van der Waals surface area contributed by atoms with Crippen LogP contribution in [0.5, 0.6) is 0 Å². The average Bonchev–Trinajstić information content (AvgIpc) is 2.13. The van der Waals surface area contributed by atoms with Gasteiger partial charge in [-0.2, -0.15) is 0 Å². The van der Waals surface area contributed by atoms with Crippen molar-refractivity contribution in [3.05, 3.63) is 34.3 Å². The first-order chi connectivity index (χ1) is 6.25. The number of hydrogen-bond acceptors (Lipinski definition) is 1. The monoisotopic (exact) mass is 194 g/mol. The first-order valence-corrected chi connectivity index (χ1v) is 4.48. The lowest BCUT2D eigenvalue weighted by Gasteiger charge is -1.98. The molecule has 0 aliphatic rings. The van der Waals surface area contributed by atoms with Gasteiger partial charge in [-0.05, 0) is 18.6 Å². The van der Waals surface area contributed by atoms with E-state index in [0.29, 0.717) is 11.4 Å². The molecule has 68 valence electrons. The van der Waals surface area contributed by atoms with Gasteiger partial charge in [-0.3, -0.25) is 0 Å². The van der Waals surface area contributed by atoms with Crippen molar-refractivity contribution in [2.75, 3.05) is 6.61 Å². The number of halogens is 1. The van der Waals surface area contributed by atoms with Crippen LogP contribution in [0.15, 0.2) is 18.2 Å². The highest BCUT2D eigenvalue weighted by Crippen LogP contribution is 2.18. The highest BCUT2D eigenvalue weighted by Gasteiger charge is 1.98. The smallest absolute Gasteiger partial charge is 0.0591 e. The Morgan fingerprint density at radius 3 is 2.92 bits per heavy atom. The van der Waals surface area contributed by atoms with E-state index >= 15 is 0 Å². The molecule has 0 amide bonds. The molecule has 0 radical (unpaired) electrons. The zero-order valence-electron chi connectivity index (χ0n) is 7.47. The Labute approximate surface area is 83.4 Å². The standard InChI is InChI=1S/C11H11ClO/c1-9-5-4-7-10(11(9)12)6-2-3-8-13/h4-5,7,13H,3,8H2,1H3. The van der Waals surface area contributed by atoms with Crippen LogP contribution in [0.2, 0.25) is 5.02 Å². The minimum absolute atomic E-state index is 0.0937. The second-order valence-electron chi connectivity index (χ2n) is 2.71. The maximum atomic E-state index is 8.53. The van der Waals surface area contributed by atoms with Crippen LogP contribution in [-0.2, 0) is 0 Å². The fourth-order valence-corrected chi connectivity index (χ4v) is 1.13. The van der Waals surface area contributed by atoms with Gasteiger partial charge in [0.15, 0.2) is 0 Å². The highest BCUT2D eigenvalue weighted by molar-refractivity contribution is 6.32. The van der Waals surface area contributed by atoms with Crippen LogP contribution in [0.4, 0.5) is 0 Å². The van der Waals surface area contributed by atoms with E-state index in [1.54, 1.807) is 0 Å². The molecule has 0 atom stereocenters. The lowest BCUT2D eigenvalue weighted by molar-refractivity contribution is 0.305. The van der Waals surface area contributed by atoms with E-state index in [-0.39, 0.29) is 6.61 Å². The van der Waals surface area contributed by atoms with Crippen molar-refractivity contribution in [1.29, 1.82) is 0 Å². The molecule has 1 N–H and O–H groups in total. The van der Waals surface area contributed by atoms with E-state index in [9.17, 15) is 0 Å². The van der Waals surface area contributed by atoms with Crippen molar-refractivity contribution in [1.82, 2.24) is 0 Å². The van der Waals surface area contributed by atoms with Crippen LogP contribution in [0, 0.1) is 18.8 Å². The normalized spacial score (nSPS) is 9.15. The van der Waals surface area contributed by atoms with E-state index in [0.717, 1.165) is 11.1 Å². The Balaban J connectivity index is 2.91. The van der Waals surface area contributed by atoms with E-state index in [1.165, 1.54) is 0 Å². The first-order valence-electron chi connectivity index (χ1n) is 4.10.